The fourth-order valence-electron chi connectivity index (χ4n) is 1.47. The molecule has 0 spiro atoms. The van der Waals surface area contributed by atoms with Crippen LogP contribution in [0.15, 0.2) is 18.2 Å². The monoisotopic (exact) mass is 194 g/mol. The average molecular weight is 194 g/mol. The maximum Gasteiger partial charge on any atom is 0.121 e. The number of aryl methyl sites for hydroxylation is 2. The summed E-state index contributed by atoms with van der Waals surface area (Å²) in [6, 6.07) is 6.14. The van der Waals surface area contributed by atoms with E-state index in [1.54, 1.807) is 7.11 Å². The lowest BCUT2D eigenvalue weighted by molar-refractivity contribution is 0.185. The highest BCUT2D eigenvalue weighted by Crippen LogP contribution is 2.19. The summed E-state index contributed by atoms with van der Waals surface area (Å²) in [4.78, 5) is 0. The van der Waals surface area contributed by atoms with Gasteiger partial charge in [0.1, 0.15) is 5.75 Å². The fraction of sp³-hybridized carbons (Fsp3) is 0.500. The molecule has 2 nitrogen and oxygen atoms in total. The van der Waals surface area contributed by atoms with Crippen molar-refractivity contribution in [3.8, 4) is 5.75 Å². The second-order valence-corrected chi connectivity index (χ2v) is 3.69. The van der Waals surface area contributed by atoms with Crippen molar-refractivity contribution < 1.29 is 9.84 Å². The molecular weight excluding hydrogens is 176 g/mol. The molecule has 0 aliphatic rings. The summed E-state index contributed by atoms with van der Waals surface area (Å²) in [6.45, 7) is 3.85. The van der Waals surface area contributed by atoms with Crippen LogP contribution < -0.4 is 4.74 Å². The van der Waals surface area contributed by atoms with E-state index in [4.69, 9.17) is 9.84 Å². The van der Waals surface area contributed by atoms with Crippen molar-refractivity contribution in [2.75, 3.05) is 7.11 Å². The van der Waals surface area contributed by atoms with Gasteiger partial charge < -0.3 is 9.84 Å². The van der Waals surface area contributed by atoms with Gasteiger partial charge in [-0.25, -0.2) is 0 Å². The highest BCUT2D eigenvalue weighted by molar-refractivity contribution is 5.36. The number of aliphatic hydroxyl groups excluding tert-OH is 1. The van der Waals surface area contributed by atoms with Gasteiger partial charge in [-0.15, -0.1) is 0 Å². The largest absolute Gasteiger partial charge is 0.496 e. The summed E-state index contributed by atoms with van der Waals surface area (Å²) in [7, 11) is 1.68. The van der Waals surface area contributed by atoms with Gasteiger partial charge in [0.05, 0.1) is 13.2 Å². The Kier molecular flexibility index (Phi) is 3.96. The van der Waals surface area contributed by atoms with Crippen molar-refractivity contribution in [1.82, 2.24) is 0 Å². The van der Waals surface area contributed by atoms with Gasteiger partial charge in [-0.2, -0.15) is 0 Å². The molecule has 0 aliphatic carbocycles. The van der Waals surface area contributed by atoms with Crippen molar-refractivity contribution in [2.24, 2.45) is 0 Å². The predicted octanol–water partition coefficient (Wildman–Crippen LogP) is 2.32. The lowest BCUT2D eigenvalue weighted by Crippen LogP contribution is -2.01. The zero-order valence-electron chi connectivity index (χ0n) is 9.08. The van der Waals surface area contributed by atoms with Crippen LogP contribution in [0.2, 0.25) is 0 Å². The number of rotatable bonds is 4. The van der Waals surface area contributed by atoms with Crippen LogP contribution in [-0.4, -0.2) is 18.3 Å². The zero-order chi connectivity index (χ0) is 10.6. The molecule has 78 valence electrons. The van der Waals surface area contributed by atoms with E-state index >= 15 is 0 Å². The quantitative estimate of drug-likeness (QED) is 0.797. The molecule has 0 radical (unpaired) electrons. The smallest absolute Gasteiger partial charge is 0.121 e. The Morgan fingerprint density at radius 1 is 1.43 bits per heavy atom. The maximum absolute atomic E-state index is 9.16. The normalized spacial score (nSPS) is 12.6. The summed E-state index contributed by atoms with van der Waals surface area (Å²) in [5.74, 6) is 0.922. The van der Waals surface area contributed by atoms with E-state index in [1.807, 2.05) is 26.0 Å². The summed E-state index contributed by atoms with van der Waals surface area (Å²) in [5.41, 5.74) is 2.40. The third kappa shape index (κ3) is 3.04. The fourth-order valence-corrected chi connectivity index (χ4v) is 1.47. The van der Waals surface area contributed by atoms with E-state index < -0.39 is 0 Å². The predicted molar refractivity (Wildman–Crippen MR) is 57.7 cm³/mol. The minimum atomic E-state index is -0.225. The highest BCUT2D eigenvalue weighted by Gasteiger charge is 2.01. The molecule has 0 amide bonds. The average Bonchev–Trinajstić information content (AvgIpc) is 2.15. The van der Waals surface area contributed by atoms with Gasteiger partial charge in [-0.05, 0) is 43.9 Å². The van der Waals surface area contributed by atoms with Gasteiger partial charge in [0, 0.05) is 0 Å². The number of methoxy groups -OCH3 is 1. The van der Waals surface area contributed by atoms with E-state index in [9.17, 15) is 0 Å². The Morgan fingerprint density at radius 3 is 2.64 bits per heavy atom. The Hall–Kier alpha value is -1.02. The topological polar surface area (TPSA) is 29.5 Å². The Balaban J connectivity index is 2.66. The third-order valence-electron chi connectivity index (χ3n) is 2.31. The molecule has 0 fully saturated rings. The molecule has 0 saturated carbocycles. The van der Waals surface area contributed by atoms with Crippen LogP contribution in [0.5, 0.6) is 5.75 Å². The molecule has 1 aromatic rings. The van der Waals surface area contributed by atoms with Crippen LogP contribution in [-0.2, 0) is 6.42 Å². The molecular formula is C12H18O2. The first-order valence-electron chi connectivity index (χ1n) is 4.95. The third-order valence-corrected chi connectivity index (χ3v) is 2.31. The second kappa shape index (κ2) is 5.01. The summed E-state index contributed by atoms with van der Waals surface area (Å²) >= 11 is 0. The van der Waals surface area contributed by atoms with Gasteiger partial charge in [-0.3, -0.25) is 0 Å². The first kappa shape index (κ1) is 11.1. The van der Waals surface area contributed by atoms with Crippen molar-refractivity contribution in [3.63, 3.8) is 0 Å². The molecule has 1 N–H and O–H groups in total. The summed E-state index contributed by atoms with van der Waals surface area (Å²) < 4.78 is 5.18. The van der Waals surface area contributed by atoms with Gasteiger partial charge in [-0.1, -0.05) is 12.1 Å². The molecule has 0 bridgehead atoms. The molecule has 1 unspecified atom stereocenters. The number of aliphatic hydroxyl groups is 1. The van der Waals surface area contributed by atoms with Crippen LogP contribution in [0.1, 0.15) is 24.5 Å². The molecule has 0 aliphatic heterocycles. The van der Waals surface area contributed by atoms with Crippen molar-refractivity contribution >= 4 is 0 Å². The van der Waals surface area contributed by atoms with Crippen LogP contribution in [0.4, 0.5) is 0 Å². The van der Waals surface area contributed by atoms with Gasteiger partial charge in [0.25, 0.3) is 0 Å². The maximum atomic E-state index is 9.16. The SMILES string of the molecule is COc1ccc(CCC(C)O)cc1C. The van der Waals surface area contributed by atoms with E-state index in [-0.39, 0.29) is 6.10 Å². The van der Waals surface area contributed by atoms with Crippen LogP contribution >= 0.6 is 0 Å². The molecule has 0 saturated heterocycles. The van der Waals surface area contributed by atoms with Gasteiger partial charge in [0.2, 0.25) is 0 Å². The standard InChI is InChI=1S/C12H18O2/c1-9-8-11(5-4-10(2)13)6-7-12(9)14-3/h6-8,10,13H,4-5H2,1-3H3. The van der Waals surface area contributed by atoms with E-state index in [1.165, 1.54) is 5.56 Å². The first-order chi connectivity index (χ1) is 6.63. The first-order valence-corrected chi connectivity index (χ1v) is 4.95. The molecule has 1 rings (SSSR count). The van der Waals surface area contributed by atoms with Gasteiger partial charge >= 0.3 is 0 Å². The second-order valence-electron chi connectivity index (χ2n) is 3.69. The van der Waals surface area contributed by atoms with Crippen LogP contribution in [0.3, 0.4) is 0 Å². The van der Waals surface area contributed by atoms with E-state index in [0.29, 0.717) is 0 Å². The van der Waals surface area contributed by atoms with E-state index in [2.05, 4.69) is 6.07 Å². The molecule has 0 heterocycles. The Bertz CT molecular complexity index is 292. The lowest BCUT2D eigenvalue weighted by Gasteiger charge is -2.08. The zero-order valence-corrected chi connectivity index (χ0v) is 9.08. The van der Waals surface area contributed by atoms with E-state index in [0.717, 1.165) is 24.2 Å². The number of hydrogen-bond acceptors (Lipinski definition) is 2. The molecule has 1 atom stereocenters. The number of hydrogen-bond donors (Lipinski definition) is 1. The minimum absolute atomic E-state index is 0.225. The minimum Gasteiger partial charge on any atom is -0.496 e. The van der Waals surface area contributed by atoms with Crippen molar-refractivity contribution in [3.05, 3.63) is 29.3 Å². The van der Waals surface area contributed by atoms with Gasteiger partial charge in [0.15, 0.2) is 0 Å². The van der Waals surface area contributed by atoms with Crippen LogP contribution in [0.25, 0.3) is 0 Å². The lowest BCUT2D eigenvalue weighted by atomic mass is 10.0. The Morgan fingerprint density at radius 2 is 2.14 bits per heavy atom. The molecule has 0 aromatic heterocycles. The molecule has 1 aromatic carbocycles. The summed E-state index contributed by atoms with van der Waals surface area (Å²) in [6.07, 6.45) is 1.51. The number of benzene rings is 1. The Labute approximate surface area is 85.5 Å². The summed E-state index contributed by atoms with van der Waals surface area (Å²) in [5, 5.41) is 9.16. The number of ether oxygens (including phenoxy) is 1. The van der Waals surface area contributed by atoms with Crippen LogP contribution in [0, 0.1) is 6.92 Å². The highest BCUT2D eigenvalue weighted by atomic mass is 16.5. The molecule has 14 heavy (non-hydrogen) atoms. The van der Waals surface area contributed by atoms with Crippen molar-refractivity contribution in [1.29, 1.82) is 0 Å². The van der Waals surface area contributed by atoms with Crippen molar-refractivity contribution in [2.45, 2.75) is 32.8 Å². The molecule has 2 heteroatoms.